The number of amides is 1. The highest BCUT2D eigenvalue weighted by Gasteiger charge is 2.64. The lowest BCUT2D eigenvalue weighted by molar-refractivity contribution is -0.149. The predicted molar refractivity (Wildman–Crippen MR) is 137 cm³/mol. The van der Waals surface area contributed by atoms with Gasteiger partial charge in [0.2, 0.25) is 0 Å². The molecule has 1 saturated carbocycles. The fourth-order valence-corrected chi connectivity index (χ4v) is 7.47. The lowest BCUT2D eigenvalue weighted by Gasteiger charge is -2.61. The Morgan fingerprint density at radius 1 is 1.19 bits per heavy atom. The van der Waals surface area contributed by atoms with Crippen LogP contribution in [0.4, 0.5) is 0 Å². The van der Waals surface area contributed by atoms with Crippen molar-refractivity contribution < 1.29 is 14.6 Å². The van der Waals surface area contributed by atoms with E-state index in [2.05, 4.69) is 34.1 Å². The number of nitrogens with two attached hydrogens (primary N) is 1. The zero-order valence-corrected chi connectivity index (χ0v) is 21.6. The molecule has 0 radical (unpaired) electrons. The van der Waals surface area contributed by atoms with E-state index in [1.165, 1.54) is 24.0 Å². The molecular weight excluding hydrogens is 454 g/mol. The van der Waals surface area contributed by atoms with Gasteiger partial charge in [-0.05, 0) is 81.6 Å². The number of carbonyl (C=O) groups is 1. The zero-order valence-electron chi connectivity index (χ0n) is 21.6. The van der Waals surface area contributed by atoms with Gasteiger partial charge in [-0.15, -0.1) is 0 Å². The standard InChI is InChI=1S/C28H39N5O3/c1-19-16-30-33(17-19)14-13-31-10-7-27-8-12-32(18-20-3-4-20)23(28(27,35)9-11-31)15-21-5-6-22(26(29)34)25(36-2)24(21)27/h5-6,16-17,20,23,35H,3-4,7-15,18H2,1-2H3,(H2,29,34)/t23-,27+,28-/m1/s1. The van der Waals surface area contributed by atoms with Crippen molar-refractivity contribution in [1.82, 2.24) is 19.6 Å². The highest BCUT2D eigenvalue weighted by atomic mass is 16.5. The molecule has 2 saturated heterocycles. The fraction of sp³-hybridized carbons (Fsp3) is 0.643. The minimum absolute atomic E-state index is 0.0807. The summed E-state index contributed by atoms with van der Waals surface area (Å²) >= 11 is 0. The minimum Gasteiger partial charge on any atom is -0.496 e. The van der Waals surface area contributed by atoms with E-state index in [9.17, 15) is 9.90 Å². The number of benzene rings is 1. The Kier molecular flexibility index (Phi) is 5.89. The molecular formula is C28H39N5O3. The van der Waals surface area contributed by atoms with E-state index in [1.54, 1.807) is 7.11 Å². The molecule has 1 aromatic heterocycles. The van der Waals surface area contributed by atoms with E-state index in [4.69, 9.17) is 10.5 Å². The maximum atomic E-state index is 12.8. The van der Waals surface area contributed by atoms with Gasteiger partial charge in [-0.2, -0.15) is 5.10 Å². The number of aliphatic hydroxyl groups is 1. The Morgan fingerprint density at radius 3 is 2.67 bits per heavy atom. The molecule has 8 nitrogen and oxygen atoms in total. The maximum absolute atomic E-state index is 12.8. The number of ether oxygens (including phenoxy) is 1. The molecule has 36 heavy (non-hydrogen) atoms. The number of carbonyl (C=O) groups excluding carboxylic acids is 1. The summed E-state index contributed by atoms with van der Waals surface area (Å²) in [4.78, 5) is 17.4. The van der Waals surface area contributed by atoms with Gasteiger partial charge in [-0.1, -0.05) is 6.07 Å². The third kappa shape index (κ3) is 3.76. The topological polar surface area (TPSA) is 96.8 Å². The second-order valence-electron chi connectivity index (χ2n) is 11.6. The molecule has 2 aliphatic carbocycles. The molecule has 3 fully saturated rings. The second kappa shape index (κ2) is 8.85. The number of likely N-dealkylation sites (tertiary alicyclic amines) is 2. The average molecular weight is 494 g/mol. The van der Waals surface area contributed by atoms with Gasteiger partial charge in [0.1, 0.15) is 5.75 Å². The summed E-state index contributed by atoms with van der Waals surface area (Å²) in [7, 11) is 1.63. The molecule has 2 aliphatic heterocycles. The Bertz CT molecular complexity index is 1160. The van der Waals surface area contributed by atoms with Crippen LogP contribution in [0.2, 0.25) is 0 Å². The third-order valence-electron chi connectivity index (χ3n) is 9.51. The van der Waals surface area contributed by atoms with Crippen LogP contribution in [0.25, 0.3) is 0 Å². The van der Waals surface area contributed by atoms with Crippen LogP contribution in [0.3, 0.4) is 0 Å². The van der Waals surface area contributed by atoms with E-state index in [-0.39, 0.29) is 6.04 Å². The Morgan fingerprint density at radius 2 is 1.97 bits per heavy atom. The van der Waals surface area contributed by atoms with Crippen molar-refractivity contribution >= 4 is 5.91 Å². The average Bonchev–Trinajstić information content (AvgIpc) is 3.60. The molecule has 1 aromatic carbocycles. The number of primary amides is 1. The lowest BCUT2D eigenvalue weighted by atomic mass is 9.52. The molecule has 8 heteroatoms. The van der Waals surface area contributed by atoms with E-state index in [0.29, 0.717) is 17.7 Å². The van der Waals surface area contributed by atoms with E-state index in [1.807, 2.05) is 16.9 Å². The smallest absolute Gasteiger partial charge is 0.252 e. The first-order valence-electron chi connectivity index (χ1n) is 13.5. The molecule has 4 aliphatic rings. The van der Waals surface area contributed by atoms with Crippen LogP contribution in [0.1, 0.15) is 59.2 Å². The van der Waals surface area contributed by atoms with E-state index >= 15 is 0 Å². The van der Waals surface area contributed by atoms with Gasteiger partial charge in [-0.3, -0.25) is 14.4 Å². The van der Waals surface area contributed by atoms with Crippen molar-refractivity contribution in [2.75, 3.05) is 39.8 Å². The number of methoxy groups -OCH3 is 1. The number of aromatic nitrogens is 2. The van der Waals surface area contributed by atoms with Crippen LogP contribution in [-0.4, -0.2) is 82.1 Å². The number of fused-ring (bicyclic) bond motifs is 1. The fourth-order valence-electron chi connectivity index (χ4n) is 7.47. The largest absolute Gasteiger partial charge is 0.496 e. The molecule has 0 unspecified atom stereocenters. The molecule has 1 amide bonds. The zero-order chi connectivity index (χ0) is 25.1. The number of rotatable bonds is 7. The third-order valence-corrected chi connectivity index (χ3v) is 9.51. The quantitative estimate of drug-likeness (QED) is 0.613. The van der Waals surface area contributed by atoms with Gasteiger partial charge in [0.05, 0.1) is 31.0 Å². The van der Waals surface area contributed by atoms with Crippen molar-refractivity contribution in [3.8, 4) is 5.75 Å². The van der Waals surface area contributed by atoms with Crippen molar-refractivity contribution in [1.29, 1.82) is 0 Å². The normalized spacial score (nSPS) is 30.4. The summed E-state index contributed by atoms with van der Waals surface area (Å²) < 4.78 is 7.92. The van der Waals surface area contributed by atoms with Gasteiger partial charge < -0.3 is 20.5 Å². The van der Waals surface area contributed by atoms with Crippen LogP contribution in [0, 0.1) is 12.8 Å². The first-order chi connectivity index (χ1) is 17.3. The van der Waals surface area contributed by atoms with Crippen LogP contribution >= 0.6 is 0 Å². The number of piperidine rings is 1. The molecule has 194 valence electrons. The Hall–Kier alpha value is -2.42. The van der Waals surface area contributed by atoms with Gasteiger partial charge in [0.25, 0.3) is 5.91 Å². The number of aryl methyl sites for hydroxylation is 1. The Balaban J connectivity index is 1.39. The highest BCUT2D eigenvalue weighted by Crippen LogP contribution is 2.58. The van der Waals surface area contributed by atoms with Gasteiger partial charge >= 0.3 is 0 Å². The van der Waals surface area contributed by atoms with E-state index in [0.717, 1.165) is 70.0 Å². The van der Waals surface area contributed by atoms with Crippen LogP contribution in [0.5, 0.6) is 5.75 Å². The molecule has 3 atom stereocenters. The minimum atomic E-state index is -0.881. The molecule has 6 rings (SSSR count). The molecule has 2 aromatic rings. The Labute approximate surface area is 213 Å². The van der Waals surface area contributed by atoms with Gasteiger partial charge in [0, 0.05) is 42.9 Å². The van der Waals surface area contributed by atoms with Gasteiger partial charge in [-0.25, -0.2) is 0 Å². The van der Waals surface area contributed by atoms with Crippen molar-refractivity contribution in [2.24, 2.45) is 11.7 Å². The summed E-state index contributed by atoms with van der Waals surface area (Å²) in [6.45, 7) is 7.59. The molecule has 2 bridgehead atoms. The molecule has 0 spiro atoms. The first-order valence-corrected chi connectivity index (χ1v) is 13.5. The lowest BCUT2D eigenvalue weighted by Crippen LogP contribution is -2.71. The SMILES string of the molecule is COc1c(C(N)=O)ccc2c1[C@@]13CCN(CCn4cc(C)cn4)CC[C@@]1(O)[C@@H](C2)N(CC1CC1)CC3. The number of hydrogen-bond donors (Lipinski definition) is 2. The monoisotopic (exact) mass is 493 g/mol. The molecule has 3 N–H and O–H groups in total. The van der Waals surface area contributed by atoms with Crippen molar-refractivity contribution in [3.05, 3.63) is 46.8 Å². The predicted octanol–water partition coefficient (Wildman–Crippen LogP) is 2.10. The van der Waals surface area contributed by atoms with Crippen molar-refractivity contribution in [3.63, 3.8) is 0 Å². The number of hydrogen-bond acceptors (Lipinski definition) is 6. The highest BCUT2D eigenvalue weighted by molar-refractivity contribution is 5.96. The van der Waals surface area contributed by atoms with Crippen LogP contribution in [-0.2, 0) is 18.4 Å². The summed E-state index contributed by atoms with van der Waals surface area (Å²) in [5.74, 6) is 0.870. The van der Waals surface area contributed by atoms with Crippen molar-refractivity contribution in [2.45, 2.75) is 69.1 Å². The molecule has 3 heterocycles. The summed E-state index contributed by atoms with van der Waals surface area (Å²) in [5, 5.41) is 17.2. The summed E-state index contributed by atoms with van der Waals surface area (Å²) in [6.07, 6.45) is 9.78. The maximum Gasteiger partial charge on any atom is 0.252 e. The summed E-state index contributed by atoms with van der Waals surface area (Å²) in [6, 6.07) is 3.96. The van der Waals surface area contributed by atoms with Crippen LogP contribution < -0.4 is 10.5 Å². The summed E-state index contributed by atoms with van der Waals surface area (Å²) in [5.41, 5.74) is 8.26. The van der Waals surface area contributed by atoms with Gasteiger partial charge in [0.15, 0.2) is 0 Å². The number of nitrogens with zero attached hydrogens (tertiary/aromatic N) is 4. The second-order valence-corrected chi connectivity index (χ2v) is 11.6. The van der Waals surface area contributed by atoms with E-state index < -0.39 is 16.9 Å². The van der Waals surface area contributed by atoms with Crippen LogP contribution in [0.15, 0.2) is 24.5 Å². The first kappa shape index (κ1) is 23.9.